The Morgan fingerprint density at radius 2 is 1.86 bits per heavy atom. The van der Waals surface area contributed by atoms with Crippen molar-refractivity contribution in [1.82, 2.24) is 0 Å². The fourth-order valence-electron chi connectivity index (χ4n) is 1.36. The molecular formula is C12H12OS. The lowest BCUT2D eigenvalue weighted by atomic mass is 10.1. The van der Waals surface area contributed by atoms with Crippen molar-refractivity contribution in [2.45, 2.75) is 13.5 Å². The second-order valence-electron chi connectivity index (χ2n) is 3.33. The molecular weight excluding hydrogens is 192 g/mol. The van der Waals surface area contributed by atoms with Crippen molar-refractivity contribution in [3.63, 3.8) is 0 Å². The Hall–Kier alpha value is -1.12. The first-order valence-corrected chi connectivity index (χ1v) is 5.43. The Bertz CT molecular complexity index is 414. The van der Waals surface area contributed by atoms with Gasteiger partial charge in [-0.15, -0.1) is 11.3 Å². The summed E-state index contributed by atoms with van der Waals surface area (Å²) in [6, 6.07) is 10.5. The highest BCUT2D eigenvalue weighted by Gasteiger charge is 2.00. The van der Waals surface area contributed by atoms with E-state index in [0.29, 0.717) is 0 Å². The van der Waals surface area contributed by atoms with E-state index in [9.17, 15) is 0 Å². The van der Waals surface area contributed by atoms with Crippen LogP contribution in [0.25, 0.3) is 11.1 Å². The number of aliphatic hydroxyl groups is 1. The van der Waals surface area contributed by atoms with Gasteiger partial charge in [0.2, 0.25) is 0 Å². The van der Waals surface area contributed by atoms with Gasteiger partial charge in [-0.05, 0) is 29.5 Å². The van der Waals surface area contributed by atoms with Crippen molar-refractivity contribution in [2.24, 2.45) is 0 Å². The van der Waals surface area contributed by atoms with Crippen LogP contribution in [0.4, 0.5) is 0 Å². The monoisotopic (exact) mass is 204 g/mol. The van der Waals surface area contributed by atoms with Crippen molar-refractivity contribution in [1.29, 1.82) is 0 Å². The summed E-state index contributed by atoms with van der Waals surface area (Å²) in [7, 11) is 0. The first-order chi connectivity index (χ1) is 6.79. The largest absolute Gasteiger partial charge is 0.391 e. The lowest BCUT2D eigenvalue weighted by molar-refractivity contribution is 0.285. The zero-order valence-corrected chi connectivity index (χ0v) is 8.84. The van der Waals surface area contributed by atoms with Crippen molar-refractivity contribution in [3.05, 3.63) is 46.2 Å². The Labute approximate surface area is 87.7 Å². The Morgan fingerprint density at radius 1 is 1.14 bits per heavy atom. The molecule has 0 saturated carbocycles. The average molecular weight is 204 g/mol. The third kappa shape index (κ3) is 1.86. The third-order valence-electron chi connectivity index (χ3n) is 2.19. The summed E-state index contributed by atoms with van der Waals surface area (Å²) >= 11 is 1.60. The van der Waals surface area contributed by atoms with Crippen LogP contribution >= 0.6 is 11.3 Å². The summed E-state index contributed by atoms with van der Waals surface area (Å²) in [6.45, 7) is 2.22. The molecule has 1 aromatic carbocycles. The van der Waals surface area contributed by atoms with E-state index in [1.54, 1.807) is 11.3 Å². The van der Waals surface area contributed by atoms with Crippen LogP contribution in [0.3, 0.4) is 0 Å². The van der Waals surface area contributed by atoms with Gasteiger partial charge in [-0.2, -0.15) is 0 Å². The average Bonchev–Trinajstić information content (AvgIpc) is 2.67. The molecule has 72 valence electrons. The molecule has 0 radical (unpaired) electrons. The van der Waals surface area contributed by atoms with Crippen LogP contribution in [0.2, 0.25) is 0 Å². The molecule has 0 aliphatic heterocycles. The van der Waals surface area contributed by atoms with Gasteiger partial charge in [-0.1, -0.05) is 29.8 Å². The Morgan fingerprint density at radius 3 is 2.43 bits per heavy atom. The van der Waals surface area contributed by atoms with Crippen molar-refractivity contribution >= 4 is 11.3 Å². The predicted molar refractivity (Wildman–Crippen MR) is 60.4 cm³/mol. The fourth-order valence-corrected chi connectivity index (χ4v) is 2.11. The lowest BCUT2D eigenvalue weighted by Gasteiger charge is -1.97. The molecule has 0 atom stereocenters. The summed E-state index contributed by atoms with van der Waals surface area (Å²) in [6.07, 6.45) is 0. The first-order valence-electron chi connectivity index (χ1n) is 4.55. The molecule has 1 heterocycles. The van der Waals surface area contributed by atoms with E-state index < -0.39 is 0 Å². The molecule has 0 bridgehead atoms. The quantitative estimate of drug-likeness (QED) is 0.796. The minimum atomic E-state index is 0.135. The molecule has 1 aromatic heterocycles. The van der Waals surface area contributed by atoms with Gasteiger partial charge in [0.05, 0.1) is 6.61 Å². The molecule has 2 aromatic rings. The van der Waals surface area contributed by atoms with Crippen LogP contribution in [0, 0.1) is 6.92 Å². The van der Waals surface area contributed by atoms with Crippen LogP contribution in [0.5, 0.6) is 0 Å². The normalized spacial score (nSPS) is 10.4. The molecule has 1 nitrogen and oxygen atoms in total. The SMILES string of the molecule is Cc1ccc(-c2csc(CO)c2)cc1. The number of aryl methyl sites for hydroxylation is 1. The number of hydrogen-bond acceptors (Lipinski definition) is 2. The summed E-state index contributed by atoms with van der Waals surface area (Å²) < 4.78 is 0. The number of rotatable bonds is 2. The number of benzene rings is 1. The Kier molecular flexibility index (Phi) is 2.66. The highest BCUT2D eigenvalue weighted by atomic mass is 32.1. The van der Waals surface area contributed by atoms with Gasteiger partial charge in [0.25, 0.3) is 0 Å². The molecule has 0 aliphatic rings. The summed E-state index contributed by atoms with van der Waals surface area (Å²) in [5.74, 6) is 0. The van der Waals surface area contributed by atoms with E-state index in [2.05, 4.69) is 36.6 Å². The van der Waals surface area contributed by atoms with Gasteiger partial charge in [-0.25, -0.2) is 0 Å². The molecule has 14 heavy (non-hydrogen) atoms. The summed E-state index contributed by atoms with van der Waals surface area (Å²) in [5, 5.41) is 11.0. The highest BCUT2D eigenvalue weighted by Crippen LogP contribution is 2.25. The third-order valence-corrected chi connectivity index (χ3v) is 3.12. The molecule has 0 amide bonds. The van der Waals surface area contributed by atoms with E-state index in [4.69, 9.17) is 5.11 Å². The van der Waals surface area contributed by atoms with Gasteiger partial charge in [-0.3, -0.25) is 0 Å². The van der Waals surface area contributed by atoms with Crippen LogP contribution in [0.15, 0.2) is 35.7 Å². The molecule has 0 unspecified atom stereocenters. The smallest absolute Gasteiger partial charge is 0.0774 e. The maximum absolute atomic E-state index is 8.95. The minimum absolute atomic E-state index is 0.135. The second-order valence-corrected chi connectivity index (χ2v) is 4.32. The molecule has 0 saturated heterocycles. The van der Waals surface area contributed by atoms with E-state index in [1.807, 2.05) is 6.07 Å². The number of aliphatic hydroxyl groups excluding tert-OH is 1. The maximum Gasteiger partial charge on any atom is 0.0774 e. The van der Waals surface area contributed by atoms with Gasteiger partial charge >= 0.3 is 0 Å². The first kappa shape index (κ1) is 9.44. The number of hydrogen-bond donors (Lipinski definition) is 1. The van der Waals surface area contributed by atoms with E-state index in [0.717, 1.165) is 4.88 Å². The molecule has 0 fully saturated rings. The molecule has 0 spiro atoms. The zero-order chi connectivity index (χ0) is 9.97. The lowest BCUT2D eigenvalue weighted by Crippen LogP contribution is -1.76. The highest BCUT2D eigenvalue weighted by molar-refractivity contribution is 7.10. The van der Waals surface area contributed by atoms with Gasteiger partial charge in [0, 0.05) is 4.88 Å². The molecule has 2 heteroatoms. The van der Waals surface area contributed by atoms with E-state index in [-0.39, 0.29) is 6.61 Å². The van der Waals surface area contributed by atoms with Crippen molar-refractivity contribution in [2.75, 3.05) is 0 Å². The van der Waals surface area contributed by atoms with E-state index in [1.165, 1.54) is 16.7 Å². The summed E-state index contributed by atoms with van der Waals surface area (Å²) in [4.78, 5) is 1.01. The number of thiophene rings is 1. The summed E-state index contributed by atoms with van der Waals surface area (Å²) in [5.41, 5.74) is 3.68. The van der Waals surface area contributed by atoms with Gasteiger partial charge in [0.15, 0.2) is 0 Å². The van der Waals surface area contributed by atoms with E-state index >= 15 is 0 Å². The van der Waals surface area contributed by atoms with Crippen molar-refractivity contribution < 1.29 is 5.11 Å². The fraction of sp³-hybridized carbons (Fsp3) is 0.167. The predicted octanol–water partition coefficient (Wildman–Crippen LogP) is 3.22. The van der Waals surface area contributed by atoms with Crippen molar-refractivity contribution in [3.8, 4) is 11.1 Å². The van der Waals surface area contributed by atoms with Crippen LogP contribution < -0.4 is 0 Å². The second kappa shape index (κ2) is 3.95. The maximum atomic E-state index is 8.95. The minimum Gasteiger partial charge on any atom is -0.391 e. The molecule has 0 aliphatic carbocycles. The Balaban J connectivity index is 2.34. The van der Waals surface area contributed by atoms with Crippen LogP contribution in [-0.4, -0.2) is 5.11 Å². The topological polar surface area (TPSA) is 20.2 Å². The molecule has 1 N–H and O–H groups in total. The standard InChI is InChI=1S/C12H12OS/c1-9-2-4-10(5-3-9)11-6-12(7-13)14-8-11/h2-6,8,13H,7H2,1H3. The van der Waals surface area contributed by atoms with Gasteiger partial charge < -0.3 is 5.11 Å². The van der Waals surface area contributed by atoms with Gasteiger partial charge in [0.1, 0.15) is 0 Å². The molecule has 2 rings (SSSR count). The zero-order valence-electron chi connectivity index (χ0n) is 8.03. The van der Waals surface area contributed by atoms with Crippen LogP contribution in [0.1, 0.15) is 10.4 Å². The van der Waals surface area contributed by atoms with Crippen LogP contribution in [-0.2, 0) is 6.61 Å².